The van der Waals surface area contributed by atoms with Gasteiger partial charge in [-0.25, -0.2) is 4.79 Å². The maximum Gasteiger partial charge on any atom is 0.338 e. The van der Waals surface area contributed by atoms with Crippen LogP contribution in [0.5, 0.6) is 0 Å². The molecule has 0 radical (unpaired) electrons. The number of benzene rings is 2. The van der Waals surface area contributed by atoms with Gasteiger partial charge in [0.1, 0.15) is 0 Å². The molecule has 4 heteroatoms. The van der Waals surface area contributed by atoms with Crippen molar-refractivity contribution in [3.05, 3.63) is 70.8 Å². The van der Waals surface area contributed by atoms with Crippen molar-refractivity contribution in [3.8, 4) is 0 Å². The second kappa shape index (κ2) is 7.41. The standard InChI is InChI=1S/C20H21NO3/c1-2-24-20(23)17-9-7-16(8-10-17)19(22)18-6-3-5-15(13-18)14-21-11-4-12-21/h3,5-10,13H,2,4,11-12,14H2,1H3. The summed E-state index contributed by atoms with van der Waals surface area (Å²) >= 11 is 0. The number of hydrogen-bond acceptors (Lipinski definition) is 4. The Balaban J connectivity index is 1.73. The number of hydrogen-bond donors (Lipinski definition) is 0. The van der Waals surface area contributed by atoms with E-state index < -0.39 is 0 Å². The molecule has 1 saturated heterocycles. The number of carbonyl (C=O) groups is 2. The topological polar surface area (TPSA) is 46.6 Å². The molecule has 124 valence electrons. The molecule has 0 N–H and O–H groups in total. The van der Waals surface area contributed by atoms with Crippen LogP contribution in [0.2, 0.25) is 0 Å². The lowest BCUT2D eigenvalue weighted by atomic mass is 10.00. The van der Waals surface area contributed by atoms with E-state index in [9.17, 15) is 9.59 Å². The van der Waals surface area contributed by atoms with Crippen LogP contribution >= 0.6 is 0 Å². The molecule has 0 bridgehead atoms. The molecule has 1 heterocycles. The van der Waals surface area contributed by atoms with Gasteiger partial charge < -0.3 is 4.74 Å². The number of ketones is 1. The van der Waals surface area contributed by atoms with Gasteiger partial charge >= 0.3 is 5.97 Å². The predicted octanol–water partition coefficient (Wildman–Crippen LogP) is 3.30. The molecule has 0 amide bonds. The molecular formula is C20H21NO3. The van der Waals surface area contributed by atoms with Crippen molar-refractivity contribution < 1.29 is 14.3 Å². The molecule has 1 fully saturated rings. The second-order valence-electron chi connectivity index (χ2n) is 5.96. The molecule has 2 aromatic carbocycles. The minimum absolute atomic E-state index is 0.0316. The Labute approximate surface area is 142 Å². The first-order valence-electron chi connectivity index (χ1n) is 8.30. The number of likely N-dealkylation sites (tertiary alicyclic amines) is 1. The van der Waals surface area contributed by atoms with Gasteiger partial charge in [0.15, 0.2) is 5.78 Å². The molecule has 1 aliphatic rings. The van der Waals surface area contributed by atoms with E-state index in [1.807, 2.05) is 18.2 Å². The second-order valence-corrected chi connectivity index (χ2v) is 5.96. The van der Waals surface area contributed by atoms with Gasteiger partial charge in [-0.1, -0.05) is 30.3 Å². The van der Waals surface area contributed by atoms with Gasteiger partial charge in [-0.15, -0.1) is 0 Å². The smallest absolute Gasteiger partial charge is 0.338 e. The Hall–Kier alpha value is -2.46. The number of rotatable bonds is 6. The van der Waals surface area contributed by atoms with Crippen LogP contribution in [0.1, 0.15) is 45.2 Å². The molecule has 0 unspecified atom stereocenters. The minimum Gasteiger partial charge on any atom is -0.462 e. The summed E-state index contributed by atoms with van der Waals surface area (Å²) in [6.45, 7) is 5.26. The summed E-state index contributed by atoms with van der Waals surface area (Å²) in [5.74, 6) is -0.399. The summed E-state index contributed by atoms with van der Waals surface area (Å²) < 4.78 is 4.95. The molecule has 4 nitrogen and oxygen atoms in total. The van der Waals surface area contributed by atoms with Crippen LogP contribution < -0.4 is 0 Å². The van der Waals surface area contributed by atoms with E-state index in [4.69, 9.17) is 4.74 Å². The first kappa shape index (κ1) is 16.4. The number of nitrogens with zero attached hydrogens (tertiary/aromatic N) is 1. The zero-order valence-corrected chi connectivity index (χ0v) is 13.8. The molecule has 0 saturated carbocycles. The van der Waals surface area contributed by atoms with Gasteiger partial charge in [-0.2, -0.15) is 0 Å². The van der Waals surface area contributed by atoms with Gasteiger partial charge in [-0.3, -0.25) is 9.69 Å². The maximum absolute atomic E-state index is 12.6. The van der Waals surface area contributed by atoms with Gasteiger partial charge in [0, 0.05) is 17.7 Å². The van der Waals surface area contributed by atoms with Crippen molar-refractivity contribution in [1.82, 2.24) is 4.90 Å². The molecular weight excluding hydrogens is 302 g/mol. The van der Waals surface area contributed by atoms with Crippen LogP contribution in [0, 0.1) is 0 Å². The fraction of sp³-hybridized carbons (Fsp3) is 0.300. The summed E-state index contributed by atoms with van der Waals surface area (Å²) in [5.41, 5.74) is 2.87. The lowest BCUT2D eigenvalue weighted by molar-refractivity contribution is 0.0526. The summed E-state index contributed by atoms with van der Waals surface area (Å²) in [6, 6.07) is 14.4. The Kier molecular flexibility index (Phi) is 5.06. The lowest BCUT2D eigenvalue weighted by Gasteiger charge is -2.30. The number of esters is 1. The average molecular weight is 323 g/mol. The van der Waals surface area contributed by atoms with Crippen LogP contribution in [0.3, 0.4) is 0 Å². The molecule has 0 spiro atoms. The molecule has 2 aromatic rings. The van der Waals surface area contributed by atoms with E-state index >= 15 is 0 Å². The summed E-state index contributed by atoms with van der Waals surface area (Å²) in [6.07, 6.45) is 1.26. The Morgan fingerprint density at radius 1 is 1.00 bits per heavy atom. The quantitative estimate of drug-likeness (QED) is 0.604. The molecule has 1 aliphatic heterocycles. The number of carbonyl (C=O) groups excluding carboxylic acids is 2. The molecule has 24 heavy (non-hydrogen) atoms. The summed E-state index contributed by atoms with van der Waals surface area (Å²) in [5, 5.41) is 0. The molecule has 0 atom stereocenters. The fourth-order valence-corrected chi connectivity index (χ4v) is 2.75. The van der Waals surface area contributed by atoms with Crippen molar-refractivity contribution in [3.63, 3.8) is 0 Å². The molecule has 0 aromatic heterocycles. The van der Waals surface area contributed by atoms with E-state index in [2.05, 4.69) is 11.0 Å². The first-order chi connectivity index (χ1) is 11.7. The average Bonchev–Trinajstić information content (AvgIpc) is 2.58. The minimum atomic E-state index is -0.368. The lowest BCUT2D eigenvalue weighted by Crippen LogP contribution is -2.36. The van der Waals surface area contributed by atoms with Crippen LogP contribution in [-0.4, -0.2) is 36.3 Å². The van der Waals surface area contributed by atoms with Crippen molar-refractivity contribution in [2.45, 2.75) is 19.9 Å². The third-order valence-electron chi connectivity index (χ3n) is 4.20. The Bertz CT molecular complexity index is 733. The van der Waals surface area contributed by atoms with Crippen LogP contribution in [0.25, 0.3) is 0 Å². The summed E-state index contributed by atoms with van der Waals surface area (Å²) in [4.78, 5) is 26.7. The highest BCUT2D eigenvalue weighted by Crippen LogP contribution is 2.16. The van der Waals surface area contributed by atoms with E-state index in [1.165, 1.54) is 6.42 Å². The van der Waals surface area contributed by atoms with Gasteiger partial charge in [-0.05, 0) is 50.2 Å². The SMILES string of the molecule is CCOC(=O)c1ccc(C(=O)c2cccc(CN3CCC3)c2)cc1. The van der Waals surface area contributed by atoms with Crippen LogP contribution in [-0.2, 0) is 11.3 Å². The van der Waals surface area contributed by atoms with Crippen molar-refractivity contribution in [2.24, 2.45) is 0 Å². The third-order valence-corrected chi connectivity index (χ3v) is 4.20. The summed E-state index contributed by atoms with van der Waals surface area (Å²) in [7, 11) is 0. The molecule has 0 aliphatic carbocycles. The zero-order chi connectivity index (χ0) is 16.9. The predicted molar refractivity (Wildman–Crippen MR) is 92.2 cm³/mol. The van der Waals surface area contributed by atoms with Gasteiger partial charge in [0.05, 0.1) is 12.2 Å². The Morgan fingerprint density at radius 3 is 2.33 bits per heavy atom. The normalized spacial score (nSPS) is 14.0. The Morgan fingerprint density at radius 2 is 1.71 bits per heavy atom. The monoisotopic (exact) mass is 323 g/mol. The van der Waals surface area contributed by atoms with Crippen molar-refractivity contribution >= 4 is 11.8 Å². The highest BCUT2D eigenvalue weighted by atomic mass is 16.5. The van der Waals surface area contributed by atoms with Crippen molar-refractivity contribution in [1.29, 1.82) is 0 Å². The van der Waals surface area contributed by atoms with E-state index in [0.29, 0.717) is 23.3 Å². The third kappa shape index (κ3) is 3.71. The molecule has 3 rings (SSSR count). The highest BCUT2D eigenvalue weighted by Gasteiger charge is 2.15. The van der Waals surface area contributed by atoms with E-state index in [-0.39, 0.29) is 11.8 Å². The largest absolute Gasteiger partial charge is 0.462 e. The van der Waals surface area contributed by atoms with Crippen LogP contribution in [0.15, 0.2) is 48.5 Å². The van der Waals surface area contributed by atoms with Crippen LogP contribution in [0.4, 0.5) is 0 Å². The first-order valence-corrected chi connectivity index (χ1v) is 8.30. The van der Waals surface area contributed by atoms with Gasteiger partial charge in [0.25, 0.3) is 0 Å². The van der Waals surface area contributed by atoms with Crippen molar-refractivity contribution in [2.75, 3.05) is 19.7 Å². The number of ether oxygens (including phenoxy) is 1. The van der Waals surface area contributed by atoms with Gasteiger partial charge in [0.2, 0.25) is 0 Å². The van der Waals surface area contributed by atoms with E-state index in [1.54, 1.807) is 31.2 Å². The van der Waals surface area contributed by atoms with E-state index in [0.717, 1.165) is 25.2 Å². The fourth-order valence-electron chi connectivity index (χ4n) is 2.75. The zero-order valence-electron chi connectivity index (χ0n) is 13.8. The highest BCUT2D eigenvalue weighted by molar-refractivity contribution is 6.09. The maximum atomic E-state index is 12.6.